The number of methoxy groups -OCH3 is 2. The van der Waals surface area contributed by atoms with Gasteiger partial charge in [-0.05, 0) is 68.3 Å². The number of aromatic nitrogens is 1. The van der Waals surface area contributed by atoms with E-state index in [4.69, 9.17) is 9.47 Å². The molecule has 1 amide bonds. The number of carbonyl (C=O) groups excluding carboxylic acids is 1. The molecule has 0 bridgehead atoms. The van der Waals surface area contributed by atoms with Crippen molar-refractivity contribution in [1.29, 1.82) is 0 Å². The fourth-order valence-electron chi connectivity index (χ4n) is 2.52. The molecule has 29 heavy (non-hydrogen) atoms. The van der Waals surface area contributed by atoms with E-state index in [1.807, 2.05) is 35.7 Å². The standard InChI is InChI=1S/C20H15Br3N2O3S/c1-27-17-5-3-11(8-14(17)22)16-10-29-20(24-16)25-18(26)6-4-12-7-13(21)9-15(23)19(12)28-2/h3-10H,1-2H3,(H,24,25,26). The molecule has 3 aromatic rings. The molecule has 0 fully saturated rings. The molecule has 0 saturated heterocycles. The molecule has 0 atom stereocenters. The predicted molar refractivity (Wildman–Crippen MR) is 128 cm³/mol. The average molecular weight is 603 g/mol. The Kier molecular flexibility index (Phi) is 7.50. The smallest absolute Gasteiger partial charge is 0.250 e. The highest BCUT2D eigenvalue weighted by atomic mass is 79.9. The number of carbonyl (C=O) groups is 1. The van der Waals surface area contributed by atoms with E-state index in [-0.39, 0.29) is 5.91 Å². The number of hydrogen-bond acceptors (Lipinski definition) is 5. The number of rotatable bonds is 6. The highest BCUT2D eigenvalue weighted by Crippen LogP contribution is 2.34. The van der Waals surface area contributed by atoms with Gasteiger partial charge in [-0.2, -0.15) is 0 Å². The van der Waals surface area contributed by atoms with Gasteiger partial charge in [0.2, 0.25) is 5.91 Å². The average Bonchev–Trinajstić information content (AvgIpc) is 3.14. The van der Waals surface area contributed by atoms with Gasteiger partial charge in [0, 0.05) is 27.1 Å². The summed E-state index contributed by atoms with van der Waals surface area (Å²) in [5.74, 6) is 1.12. The summed E-state index contributed by atoms with van der Waals surface area (Å²) in [6, 6.07) is 9.46. The van der Waals surface area contributed by atoms with Crippen LogP contribution in [0.1, 0.15) is 5.56 Å². The second-order valence-electron chi connectivity index (χ2n) is 5.72. The van der Waals surface area contributed by atoms with Crippen molar-refractivity contribution in [1.82, 2.24) is 4.98 Å². The Morgan fingerprint density at radius 2 is 1.90 bits per heavy atom. The zero-order valence-electron chi connectivity index (χ0n) is 15.3. The Labute approximate surface area is 197 Å². The summed E-state index contributed by atoms with van der Waals surface area (Å²) < 4.78 is 13.1. The van der Waals surface area contributed by atoms with Crippen LogP contribution >= 0.6 is 59.1 Å². The van der Waals surface area contributed by atoms with Crippen LogP contribution in [0, 0.1) is 0 Å². The number of anilines is 1. The lowest BCUT2D eigenvalue weighted by Gasteiger charge is -2.08. The maximum atomic E-state index is 12.3. The minimum atomic E-state index is -0.278. The molecule has 2 aromatic carbocycles. The lowest BCUT2D eigenvalue weighted by molar-refractivity contribution is -0.111. The molecule has 9 heteroatoms. The molecule has 150 valence electrons. The quantitative estimate of drug-likeness (QED) is 0.317. The van der Waals surface area contributed by atoms with Crippen LogP contribution in [0.3, 0.4) is 0 Å². The van der Waals surface area contributed by atoms with Crippen molar-refractivity contribution in [3.63, 3.8) is 0 Å². The SMILES string of the molecule is COc1ccc(-c2csc(NC(=O)C=Cc3cc(Br)cc(Br)c3OC)n2)cc1Br. The largest absolute Gasteiger partial charge is 0.496 e. The van der Waals surface area contributed by atoms with E-state index in [9.17, 15) is 4.79 Å². The summed E-state index contributed by atoms with van der Waals surface area (Å²) >= 11 is 11.7. The van der Waals surface area contributed by atoms with Gasteiger partial charge in [0.1, 0.15) is 11.5 Å². The summed E-state index contributed by atoms with van der Waals surface area (Å²) in [5, 5.41) is 5.20. The van der Waals surface area contributed by atoms with Crippen LogP contribution in [0.2, 0.25) is 0 Å². The molecule has 0 unspecified atom stereocenters. The van der Waals surface area contributed by atoms with Gasteiger partial charge in [0.25, 0.3) is 0 Å². The normalized spacial score (nSPS) is 10.9. The Balaban J connectivity index is 1.73. The molecule has 1 aromatic heterocycles. The number of amides is 1. The first-order valence-corrected chi connectivity index (χ1v) is 11.5. The molecular formula is C20H15Br3N2O3S. The fourth-order valence-corrected chi connectivity index (χ4v) is 5.20. The highest BCUT2D eigenvalue weighted by Gasteiger charge is 2.10. The third kappa shape index (κ3) is 5.48. The zero-order valence-corrected chi connectivity index (χ0v) is 20.9. The van der Waals surface area contributed by atoms with Gasteiger partial charge >= 0.3 is 0 Å². The van der Waals surface area contributed by atoms with Gasteiger partial charge in [0.15, 0.2) is 5.13 Å². The van der Waals surface area contributed by atoms with Crippen molar-refractivity contribution >= 4 is 76.2 Å². The second kappa shape index (κ2) is 9.88. The van der Waals surface area contributed by atoms with E-state index in [0.717, 1.165) is 36.0 Å². The molecule has 1 heterocycles. The van der Waals surface area contributed by atoms with E-state index in [1.54, 1.807) is 20.3 Å². The number of thiazole rings is 1. The number of nitrogens with zero attached hydrogens (tertiary/aromatic N) is 1. The Bertz CT molecular complexity index is 1080. The van der Waals surface area contributed by atoms with E-state index < -0.39 is 0 Å². The lowest BCUT2D eigenvalue weighted by Crippen LogP contribution is -2.07. The van der Waals surface area contributed by atoms with Crippen LogP contribution in [-0.4, -0.2) is 25.1 Å². The highest BCUT2D eigenvalue weighted by molar-refractivity contribution is 9.11. The molecule has 0 aliphatic carbocycles. The minimum Gasteiger partial charge on any atom is -0.496 e. The summed E-state index contributed by atoms with van der Waals surface area (Å²) in [6.07, 6.45) is 3.14. The fraction of sp³-hybridized carbons (Fsp3) is 0.100. The Morgan fingerprint density at radius 3 is 2.59 bits per heavy atom. The summed E-state index contributed by atoms with van der Waals surface area (Å²) in [6.45, 7) is 0. The lowest BCUT2D eigenvalue weighted by atomic mass is 10.2. The minimum absolute atomic E-state index is 0.278. The van der Waals surface area contributed by atoms with E-state index in [1.165, 1.54) is 17.4 Å². The summed E-state index contributed by atoms with van der Waals surface area (Å²) in [4.78, 5) is 16.8. The molecule has 0 aliphatic rings. The zero-order chi connectivity index (χ0) is 21.0. The molecule has 1 N–H and O–H groups in total. The van der Waals surface area contributed by atoms with Gasteiger partial charge in [-0.3, -0.25) is 10.1 Å². The van der Waals surface area contributed by atoms with Crippen molar-refractivity contribution in [2.75, 3.05) is 19.5 Å². The monoisotopic (exact) mass is 600 g/mol. The third-order valence-corrected chi connectivity index (χ3v) is 6.26. The van der Waals surface area contributed by atoms with E-state index in [0.29, 0.717) is 10.9 Å². The second-order valence-corrected chi connectivity index (χ2v) is 9.20. The first-order chi connectivity index (χ1) is 13.9. The third-order valence-electron chi connectivity index (χ3n) is 3.84. The Hall–Kier alpha value is -1.68. The van der Waals surface area contributed by atoms with Gasteiger partial charge < -0.3 is 9.47 Å². The predicted octanol–water partition coefficient (Wildman–Crippen LogP) is 6.77. The summed E-state index contributed by atoms with van der Waals surface area (Å²) in [7, 11) is 3.20. The number of benzene rings is 2. The molecule has 0 radical (unpaired) electrons. The van der Waals surface area contributed by atoms with Gasteiger partial charge in [-0.15, -0.1) is 11.3 Å². The number of nitrogens with one attached hydrogen (secondary N) is 1. The number of ether oxygens (including phenoxy) is 2. The maximum Gasteiger partial charge on any atom is 0.250 e. The van der Waals surface area contributed by atoms with Crippen LogP contribution in [0.4, 0.5) is 5.13 Å². The molecule has 0 spiro atoms. The van der Waals surface area contributed by atoms with Gasteiger partial charge in [-0.1, -0.05) is 15.9 Å². The summed E-state index contributed by atoms with van der Waals surface area (Å²) in [5.41, 5.74) is 2.47. The van der Waals surface area contributed by atoms with Crippen LogP contribution in [0.5, 0.6) is 11.5 Å². The van der Waals surface area contributed by atoms with Crippen molar-refractivity contribution < 1.29 is 14.3 Å². The number of halogens is 3. The maximum absolute atomic E-state index is 12.3. The van der Waals surface area contributed by atoms with Crippen molar-refractivity contribution in [2.24, 2.45) is 0 Å². The molecular weight excluding hydrogens is 588 g/mol. The number of hydrogen-bond donors (Lipinski definition) is 1. The molecule has 3 rings (SSSR count). The first kappa shape index (κ1) is 22.0. The van der Waals surface area contributed by atoms with Crippen LogP contribution < -0.4 is 14.8 Å². The van der Waals surface area contributed by atoms with Crippen molar-refractivity contribution in [3.05, 3.63) is 60.8 Å². The van der Waals surface area contributed by atoms with Crippen LogP contribution in [0.25, 0.3) is 17.3 Å². The van der Waals surface area contributed by atoms with Crippen molar-refractivity contribution in [3.8, 4) is 22.8 Å². The van der Waals surface area contributed by atoms with Crippen LogP contribution in [0.15, 0.2) is 55.2 Å². The van der Waals surface area contributed by atoms with Crippen LogP contribution in [-0.2, 0) is 4.79 Å². The molecule has 5 nitrogen and oxygen atoms in total. The first-order valence-electron chi connectivity index (χ1n) is 8.22. The van der Waals surface area contributed by atoms with Crippen molar-refractivity contribution in [2.45, 2.75) is 0 Å². The van der Waals surface area contributed by atoms with E-state index in [2.05, 4.69) is 58.1 Å². The van der Waals surface area contributed by atoms with E-state index >= 15 is 0 Å². The topological polar surface area (TPSA) is 60.5 Å². The molecule has 0 aliphatic heterocycles. The van der Waals surface area contributed by atoms with Gasteiger partial charge in [0.05, 0.1) is 28.9 Å². The van der Waals surface area contributed by atoms with Gasteiger partial charge in [-0.25, -0.2) is 4.98 Å². The molecule has 0 saturated carbocycles. The Morgan fingerprint density at radius 1 is 1.10 bits per heavy atom.